The van der Waals surface area contributed by atoms with E-state index in [0.29, 0.717) is 16.2 Å². The second-order valence-electron chi connectivity index (χ2n) is 9.23. The third-order valence-electron chi connectivity index (χ3n) is 7.07. The number of hydrogen-bond donors (Lipinski definition) is 1. The molecule has 2 heterocycles. The molecule has 6 rings (SSSR count). The van der Waals surface area contributed by atoms with Crippen LogP contribution in [0.15, 0.2) is 89.8 Å². The van der Waals surface area contributed by atoms with Gasteiger partial charge in [0.15, 0.2) is 5.60 Å². The Bertz CT molecular complexity index is 1610. The van der Waals surface area contributed by atoms with Gasteiger partial charge in [-0.15, -0.1) is 0 Å². The van der Waals surface area contributed by atoms with Crippen molar-refractivity contribution in [2.45, 2.75) is 23.3 Å². The Morgan fingerprint density at radius 2 is 1.67 bits per heavy atom. The maximum absolute atomic E-state index is 11.6. The summed E-state index contributed by atoms with van der Waals surface area (Å²) in [6, 6.07) is 24.4. The first kappa shape index (κ1) is 23.1. The van der Waals surface area contributed by atoms with Crippen molar-refractivity contribution >= 4 is 44.3 Å². The number of halogens is 1. The van der Waals surface area contributed by atoms with Crippen LogP contribution in [-0.2, 0) is 15.7 Å². The molecule has 1 atom stereocenters. The second-order valence-corrected chi connectivity index (χ2v) is 11.1. The summed E-state index contributed by atoms with van der Waals surface area (Å²) in [6.45, 7) is 2.03. The number of ether oxygens (including phenoxy) is 1. The Kier molecular flexibility index (Phi) is 5.56. The van der Waals surface area contributed by atoms with Gasteiger partial charge in [0.1, 0.15) is 5.75 Å². The van der Waals surface area contributed by atoms with Crippen LogP contribution in [0.1, 0.15) is 29.5 Å². The van der Waals surface area contributed by atoms with E-state index in [1.165, 1.54) is 25.0 Å². The van der Waals surface area contributed by atoms with Gasteiger partial charge in [0.05, 0.1) is 15.6 Å². The van der Waals surface area contributed by atoms with Crippen LogP contribution in [0.4, 0.5) is 5.69 Å². The summed E-state index contributed by atoms with van der Waals surface area (Å²) in [5.41, 5.74) is 2.90. The Balaban J connectivity index is 1.48. The largest absolute Gasteiger partial charge is 0.473 e. The lowest BCUT2D eigenvalue weighted by molar-refractivity contribution is 0.161. The molecule has 1 unspecified atom stereocenters. The van der Waals surface area contributed by atoms with Crippen molar-refractivity contribution in [2.24, 2.45) is 0 Å². The fourth-order valence-electron chi connectivity index (χ4n) is 5.26. The Hall–Kier alpha value is -3.32. The SMILES string of the molecule is O=S(=O)(O)c1ccc2c3c(ccc2c1)OC(c1ccccc1)(c1ccc(N2CCCC2)c(Cl)c1)C=C3. The zero-order chi connectivity index (χ0) is 24.9. The first-order valence-corrected chi connectivity index (χ1v) is 13.7. The quantitative estimate of drug-likeness (QED) is 0.305. The van der Waals surface area contributed by atoms with Crippen molar-refractivity contribution < 1.29 is 17.7 Å². The third kappa shape index (κ3) is 3.86. The Labute approximate surface area is 215 Å². The van der Waals surface area contributed by atoms with E-state index in [9.17, 15) is 13.0 Å². The molecule has 1 N–H and O–H groups in total. The summed E-state index contributed by atoms with van der Waals surface area (Å²) in [7, 11) is -4.29. The molecule has 0 amide bonds. The van der Waals surface area contributed by atoms with Gasteiger partial charge in [-0.05, 0) is 66.1 Å². The fraction of sp³-hybridized carbons (Fsp3) is 0.172. The highest BCUT2D eigenvalue weighted by Crippen LogP contribution is 2.45. The standard InChI is InChI=1S/C29H24ClNO4S/c30-26-19-22(9-12-27(26)31-16-4-5-17-31)29(21-6-2-1-3-7-21)15-14-25-24-11-10-23(36(32,33)34)18-20(24)8-13-28(25)35-29/h1-3,6-15,18-19H,4-5,16-17H2,(H,32,33,34). The van der Waals surface area contributed by atoms with Gasteiger partial charge in [0.25, 0.3) is 10.1 Å². The minimum atomic E-state index is -4.29. The van der Waals surface area contributed by atoms with E-state index in [0.717, 1.165) is 40.9 Å². The lowest BCUT2D eigenvalue weighted by atomic mass is 9.83. The van der Waals surface area contributed by atoms with E-state index >= 15 is 0 Å². The van der Waals surface area contributed by atoms with Gasteiger partial charge in [-0.2, -0.15) is 8.42 Å². The van der Waals surface area contributed by atoms with E-state index < -0.39 is 15.7 Å². The van der Waals surface area contributed by atoms with Gasteiger partial charge < -0.3 is 9.64 Å². The second kappa shape index (κ2) is 8.66. The first-order valence-electron chi connectivity index (χ1n) is 11.9. The van der Waals surface area contributed by atoms with Crippen LogP contribution < -0.4 is 9.64 Å². The van der Waals surface area contributed by atoms with Crippen LogP contribution in [0, 0.1) is 0 Å². The number of rotatable bonds is 4. The molecule has 182 valence electrons. The maximum atomic E-state index is 11.6. The topological polar surface area (TPSA) is 66.8 Å². The van der Waals surface area contributed by atoms with Crippen LogP contribution >= 0.6 is 11.6 Å². The molecule has 0 saturated carbocycles. The number of anilines is 1. The lowest BCUT2D eigenvalue weighted by Crippen LogP contribution is -2.34. The van der Waals surface area contributed by atoms with Crippen molar-refractivity contribution in [3.63, 3.8) is 0 Å². The minimum Gasteiger partial charge on any atom is -0.473 e. The normalized spacial score (nSPS) is 19.3. The maximum Gasteiger partial charge on any atom is 0.294 e. The summed E-state index contributed by atoms with van der Waals surface area (Å²) in [6.07, 6.45) is 6.40. The van der Waals surface area contributed by atoms with Crippen molar-refractivity contribution in [1.82, 2.24) is 0 Å². The molecular weight excluding hydrogens is 494 g/mol. The zero-order valence-electron chi connectivity index (χ0n) is 19.4. The van der Waals surface area contributed by atoms with Crippen molar-refractivity contribution in [3.05, 3.63) is 107 Å². The van der Waals surface area contributed by atoms with Crippen LogP contribution in [0.2, 0.25) is 5.02 Å². The molecule has 0 bridgehead atoms. The number of fused-ring (bicyclic) bond motifs is 3. The molecule has 1 fully saturated rings. The summed E-state index contributed by atoms with van der Waals surface area (Å²) in [4.78, 5) is 2.18. The molecule has 36 heavy (non-hydrogen) atoms. The summed E-state index contributed by atoms with van der Waals surface area (Å²) < 4.78 is 39.4. The summed E-state index contributed by atoms with van der Waals surface area (Å²) >= 11 is 6.82. The Morgan fingerprint density at radius 1 is 0.889 bits per heavy atom. The van der Waals surface area contributed by atoms with Gasteiger partial charge >= 0.3 is 0 Å². The van der Waals surface area contributed by atoms with Crippen LogP contribution in [0.5, 0.6) is 5.75 Å². The van der Waals surface area contributed by atoms with Crippen LogP contribution in [-0.4, -0.2) is 26.1 Å². The highest BCUT2D eigenvalue weighted by Gasteiger charge is 2.38. The number of nitrogens with zero attached hydrogens (tertiary/aromatic N) is 1. The van der Waals surface area contributed by atoms with E-state index in [1.54, 1.807) is 12.1 Å². The predicted octanol–water partition coefficient (Wildman–Crippen LogP) is 6.69. The molecule has 0 radical (unpaired) electrons. The minimum absolute atomic E-state index is 0.137. The molecule has 4 aromatic carbocycles. The van der Waals surface area contributed by atoms with Crippen LogP contribution in [0.25, 0.3) is 16.8 Å². The van der Waals surface area contributed by atoms with E-state index in [4.69, 9.17) is 16.3 Å². The van der Waals surface area contributed by atoms with Gasteiger partial charge in [-0.25, -0.2) is 0 Å². The molecule has 7 heteroatoms. The molecule has 2 aliphatic heterocycles. The predicted molar refractivity (Wildman–Crippen MR) is 144 cm³/mol. The molecule has 2 aliphatic rings. The molecule has 5 nitrogen and oxygen atoms in total. The molecule has 4 aromatic rings. The summed E-state index contributed by atoms with van der Waals surface area (Å²) in [5.74, 6) is 0.674. The van der Waals surface area contributed by atoms with Crippen molar-refractivity contribution in [3.8, 4) is 5.75 Å². The molecule has 0 aromatic heterocycles. The van der Waals surface area contributed by atoms with Gasteiger partial charge in [-0.1, -0.05) is 60.1 Å². The molecular formula is C29H24ClNO4S. The lowest BCUT2D eigenvalue weighted by Gasteiger charge is -2.37. The van der Waals surface area contributed by atoms with Crippen molar-refractivity contribution in [2.75, 3.05) is 18.0 Å². The number of hydrogen-bond acceptors (Lipinski definition) is 4. The average Bonchev–Trinajstić information content (AvgIpc) is 3.42. The highest BCUT2D eigenvalue weighted by atomic mass is 35.5. The highest BCUT2D eigenvalue weighted by molar-refractivity contribution is 7.85. The summed E-state index contributed by atoms with van der Waals surface area (Å²) in [5, 5.41) is 2.23. The van der Waals surface area contributed by atoms with E-state index in [1.807, 2.05) is 54.6 Å². The average molecular weight is 518 g/mol. The van der Waals surface area contributed by atoms with E-state index in [2.05, 4.69) is 17.0 Å². The monoisotopic (exact) mass is 517 g/mol. The van der Waals surface area contributed by atoms with Gasteiger partial charge in [0, 0.05) is 29.8 Å². The van der Waals surface area contributed by atoms with E-state index in [-0.39, 0.29) is 4.90 Å². The van der Waals surface area contributed by atoms with Crippen LogP contribution in [0.3, 0.4) is 0 Å². The molecule has 0 spiro atoms. The third-order valence-corrected chi connectivity index (χ3v) is 8.22. The Morgan fingerprint density at radius 3 is 2.39 bits per heavy atom. The molecule has 0 aliphatic carbocycles. The van der Waals surface area contributed by atoms with Gasteiger partial charge in [0.2, 0.25) is 0 Å². The number of benzene rings is 4. The smallest absolute Gasteiger partial charge is 0.294 e. The molecule has 1 saturated heterocycles. The van der Waals surface area contributed by atoms with Crippen molar-refractivity contribution in [1.29, 1.82) is 0 Å². The van der Waals surface area contributed by atoms with Gasteiger partial charge in [-0.3, -0.25) is 4.55 Å². The fourth-order valence-corrected chi connectivity index (χ4v) is 6.07. The first-order chi connectivity index (χ1) is 17.3. The zero-order valence-corrected chi connectivity index (χ0v) is 21.0.